The van der Waals surface area contributed by atoms with Crippen molar-refractivity contribution in [3.05, 3.63) is 29.8 Å². The number of halogens is 1. The fraction of sp³-hybridized carbons (Fsp3) is 0.400. The summed E-state index contributed by atoms with van der Waals surface area (Å²) in [7, 11) is 1.60. The minimum atomic E-state index is -0.549. The highest BCUT2D eigenvalue weighted by molar-refractivity contribution is 5.85. The van der Waals surface area contributed by atoms with Crippen LogP contribution in [0.2, 0.25) is 0 Å². The van der Waals surface area contributed by atoms with Gasteiger partial charge < -0.3 is 15.6 Å². The van der Waals surface area contributed by atoms with Crippen molar-refractivity contribution >= 4 is 12.4 Å². The molecule has 2 atom stereocenters. The molecule has 1 rings (SSSR count). The van der Waals surface area contributed by atoms with E-state index in [1.54, 1.807) is 14.0 Å². The van der Waals surface area contributed by atoms with E-state index < -0.39 is 6.10 Å². The van der Waals surface area contributed by atoms with Crippen LogP contribution >= 0.6 is 12.4 Å². The van der Waals surface area contributed by atoms with Gasteiger partial charge in [-0.3, -0.25) is 0 Å². The van der Waals surface area contributed by atoms with Crippen LogP contribution in [-0.4, -0.2) is 18.3 Å². The summed E-state index contributed by atoms with van der Waals surface area (Å²) in [5.74, 6) is 0.758. The Bertz CT molecular complexity index is 279. The number of rotatable bonds is 3. The second-order valence-electron chi connectivity index (χ2n) is 3.04. The molecule has 14 heavy (non-hydrogen) atoms. The molecule has 0 heterocycles. The van der Waals surface area contributed by atoms with Gasteiger partial charge in [0.15, 0.2) is 0 Å². The maximum Gasteiger partial charge on any atom is 0.119 e. The van der Waals surface area contributed by atoms with E-state index in [2.05, 4.69) is 0 Å². The molecular formula is C10H16ClNO2. The molecule has 4 heteroatoms. The average molecular weight is 218 g/mol. The van der Waals surface area contributed by atoms with Crippen LogP contribution in [0.5, 0.6) is 5.75 Å². The third-order valence-corrected chi connectivity index (χ3v) is 2.00. The Morgan fingerprint density at radius 3 is 2.57 bits per heavy atom. The number of aliphatic hydroxyl groups is 1. The summed E-state index contributed by atoms with van der Waals surface area (Å²) in [4.78, 5) is 0. The van der Waals surface area contributed by atoms with Gasteiger partial charge in [0.2, 0.25) is 0 Å². The monoisotopic (exact) mass is 217 g/mol. The van der Waals surface area contributed by atoms with E-state index in [0.29, 0.717) is 0 Å². The Labute approximate surface area is 90.3 Å². The number of benzene rings is 1. The van der Waals surface area contributed by atoms with Crippen molar-refractivity contribution < 1.29 is 9.84 Å². The highest BCUT2D eigenvalue weighted by Crippen LogP contribution is 2.19. The molecule has 80 valence electrons. The average Bonchev–Trinajstić information content (AvgIpc) is 2.16. The first kappa shape index (κ1) is 13.2. The zero-order valence-electron chi connectivity index (χ0n) is 8.31. The van der Waals surface area contributed by atoms with E-state index in [-0.39, 0.29) is 18.4 Å². The summed E-state index contributed by atoms with van der Waals surface area (Å²) < 4.78 is 5.05. The Balaban J connectivity index is 0.00000169. The lowest BCUT2D eigenvalue weighted by Gasteiger charge is -2.15. The zero-order chi connectivity index (χ0) is 9.84. The van der Waals surface area contributed by atoms with E-state index in [1.807, 2.05) is 24.3 Å². The van der Waals surface area contributed by atoms with Crippen LogP contribution in [0.15, 0.2) is 24.3 Å². The molecule has 0 spiro atoms. The van der Waals surface area contributed by atoms with Gasteiger partial charge in [0.05, 0.1) is 19.3 Å². The van der Waals surface area contributed by atoms with Crippen LogP contribution < -0.4 is 10.5 Å². The quantitative estimate of drug-likeness (QED) is 0.807. The van der Waals surface area contributed by atoms with Gasteiger partial charge in [0.1, 0.15) is 5.75 Å². The summed E-state index contributed by atoms with van der Waals surface area (Å²) in [6.45, 7) is 1.67. The molecule has 1 aromatic carbocycles. The van der Waals surface area contributed by atoms with Gasteiger partial charge in [0.25, 0.3) is 0 Å². The van der Waals surface area contributed by atoms with E-state index in [1.165, 1.54) is 0 Å². The van der Waals surface area contributed by atoms with Gasteiger partial charge in [-0.2, -0.15) is 0 Å². The second kappa shape index (κ2) is 5.86. The molecule has 0 amide bonds. The molecule has 0 aromatic heterocycles. The summed E-state index contributed by atoms with van der Waals surface area (Å²) >= 11 is 0. The van der Waals surface area contributed by atoms with Crippen molar-refractivity contribution in [2.45, 2.75) is 19.1 Å². The van der Waals surface area contributed by atoms with E-state index >= 15 is 0 Å². The molecule has 3 N–H and O–H groups in total. The van der Waals surface area contributed by atoms with Crippen molar-refractivity contribution in [2.24, 2.45) is 5.73 Å². The molecule has 1 aromatic rings. The van der Waals surface area contributed by atoms with E-state index in [9.17, 15) is 5.11 Å². The summed E-state index contributed by atoms with van der Waals surface area (Å²) in [5, 5.41) is 9.27. The van der Waals surface area contributed by atoms with Gasteiger partial charge in [0, 0.05) is 0 Å². The number of ether oxygens (including phenoxy) is 1. The lowest BCUT2D eigenvalue weighted by atomic mass is 10.0. The maximum atomic E-state index is 9.27. The summed E-state index contributed by atoms with van der Waals surface area (Å²) in [5.41, 5.74) is 6.64. The fourth-order valence-corrected chi connectivity index (χ4v) is 1.13. The molecule has 0 unspecified atom stereocenters. The third kappa shape index (κ3) is 3.18. The number of hydrogen-bond acceptors (Lipinski definition) is 3. The number of aliphatic hydroxyl groups excluding tert-OH is 1. The molecule has 0 radical (unpaired) electrons. The molecule has 0 saturated heterocycles. The number of nitrogens with two attached hydrogens (primary N) is 1. The first-order chi connectivity index (χ1) is 6.15. The molecule has 3 nitrogen and oxygen atoms in total. The molecule has 0 fully saturated rings. The van der Waals surface area contributed by atoms with E-state index in [4.69, 9.17) is 10.5 Å². The predicted octanol–water partition coefficient (Wildman–Crippen LogP) is 1.50. The molecule has 0 bridgehead atoms. The van der Waals surface area contributed by atoms with Crippen molar-refractivity contribution in [3.63, 3.8) is 0 Å². The Kier molecular flexibility index (Phi) is 5.53. The van der Waals surface area contributed by atoms with Gasteiger partial charge >= 0.3 is 0 Å². The molecule has 0 aliphatic rings. The topological polar surface area (TPSA) is 55.5 Å². The summed E-state index contributed by atoms with van der Waals surface area (Å²) in [6.07, 6.45) is -0.549. The summed E-state index contributed by atoms with van der Waals surface area (Å²) in [6, 6.07) is 7.06. The van der Waals surface area contributed by atoms with Crippen molar-refractivity contribution in [1.82, 2.24) is 0 Å². The van der Waals surface area contributed by atoms with Crippen LogP contribution in [0.4, 0.5) is 0 Å². The third-order valence-electron chi connectivity index (χ3n) is 2.00. The maximum absolute atomic E-state index is 9.27. The van der Waals surface area contributed by atoms with Gasteiger partial charge in [-0.05, 0) is 24.6 Å². The van der Waals surface area contributed by atoms with Crippen LogP contribution in [0, 0.1) is 0 Å². The number of hydrogen-bond donors (Lipinski definition) is 2. The SMILES string of the molecule is COc1cccc([C@@H](N)[C@@H](C)O)c1.Cl. The normalized spacial score (nSPS) is 14.0. The molecule has 0 aliphatic heterocycles. The van der Waals surface area contributed by atoms with Crippen LogP contribution in [0.3, 0.4) is 0 Å². The highest BCUT2D eigenvalue weighted by Gasteiger charge is 2.11. The highest BCUT2D eigenvalue weighted by atomic mass is 35.5. The standard InChI is InChI=1S/C10H15NO2.ClH/c1-7(12)10(11)8-4-3-5-9(6-8)13-2;/h3-7,10,12H,11H2,1-2H3;1H/t7-,10+;/m1./s1. The Morgan fingerprint density at radius 2 is 2.07 bits per heavy atom. The molecular weight excluding hydrogens is 202 g/mol. The van der Waals surface area contributed by atoms with Crippen molar-refractivity contribution in [3.8, 4) is 5.75 Å². The van der Waals surface area contributed by atoms with Gasteiger partial charge in [-0.15, -0.1) is 12.4 Å². The second-order valence-corrected chi connectivity index (χ2v) is 3.04. The van der Waals surface area contributed by atoms with Crippen LogP contribution in [0.1, 0.15) is 18.5 Å². The minimum absolute atomic E-state index is 0. The largest absolute Gasteiger partial charge is 0.497 e. The Hall–Kier alpha value is -0.770. The smallest absolute Gasteiger partial charge is 0.119 e. The lowest BCUT2D eigenvalue weighted by molar-refractivity contribution is 0.164. The van der Waals surface area contributed by atoms with Gasteiger partial charge in [-0.1, -0.05) is 12.1 Å². The minimum Gasteiger partial charge on any atom is -0.497 e. The molecule has 0 saturated carbocycles. The van der Waals surface area contributed by atoms with Crippen molar-refractivity contribution in [2.75, 3.05) is 7.11 Å². The van der Waals surface area contributed by atoms with E-state index in [0.717, 1.165) is 11.3 Å². The number of methoxy groups -OCH3 is 1. The predicted molar refractivity (Wildman–Crippen MR) is 58.9 cm³/mol. The first-order valence-corrected chi connectivity index (χ1v) is 4.22. The molecule has 0 aliphatic carbocycles. The lowest BCUT2D eigenvalue weighted by Crippen LogP contribution is -2.22. The Morgan fingerprint density at radius 1 is 1.43 bits per heavy atom. The van der Waals surface area contributed by atoms with Crippen molar-refractivity contribution in [1.29, 1.82) is 0 Å². The van der Waals surface area contributed by atoms with Gasteiger partial charge in [-0.25, -0.2) is 0 Å². The first-order valence-electron chi connectivity index (χ1n) is 4.22. The zero-order valence-corrected chi connectivity index (χ0v) is 9.12. The fourth-order valence-electron chi connectivity index (χ4n) is 1.13. The van der Waals surface area contributed by atoms with Crippen LogP contribution in [-0.2, 0) is 0 Å². The van der Waals surface area contributed by atoms with Crippen LogP contribution in [0.25, 0.3) is 0 Å².